The summed E-state index contributed by atoms with van der Waals surface area (Å²) in [5.74, 6) is 0.101. The third kappa shape index (κ3) is 4.50. The van der Waals surface area contributed by atoms with Crippen molar-refractivity contribution in [3.05, 3.63) is 29.3 Å². The van der Waals surface area contributed by atoms with Gasteiger partial charge in [-0.15, -0.1) is 11.3 Å². The number of thiazole rings is 1. The topological polar surface area (TPSA) is 54.5 Å². The molecule has 1 N–H and O–H groups in total. The van der Waals surface area contributed by atoms with E-state index < -0.39 is 0 Å². The third-order valence-corrected chi connectivity index (χ3v) is 5.26. The molecule has 0 spiro atoms. The van der Waals surface area contributed by atoms with Crippen molar-refractivity contribution in [1.29, 1.82) is 0 Å². The standard InChI is InChI=1S/C17H23N3O2S/c1-13(20-8-10-22-11-9-20)12-18-16(21)6-7-17-19-14-4-2-3-5-15(14)23-17/h2-5,13H,6-12H2,1H3,(H,18,21)/t13-/m1/s1. The van der Waals surface area contributed by atoms with Gasteiger partial charge in [0.2, 0.25) is 5.91 Å². The van der Waals surface area contributed by atoms with E-state index in [0.29, 0.717) is 25.4 Å². The zero-order valence-electron chi connectivity index (χ0n) is 13.5. The van der Waals surface area contributed by atoms with Crippen LogP contribution >= 0.6 is 11.3 Å². The number of rotatable bonds is 6. The van der Waals surface area contributed by atoms with E-state index in [4.69, 9.17) is 4.74 Å². The van der Waals surface area contributed by atoms with E-state index >= 15 is 0 Å². The lowest BCUT2D eigenvalue weighted by atomic mass is 10.2. The molecule has 124 valence electrons. The molecule has 2 aromatic rings. The number of morpholine rings is 1. The van der Waals surface area contributed by atoms with E-state index in [1.807, 2.05) is 18.2 Å². The van der Waals surface area contributed by atoms with Crippen molar-refractivity contribution >= 4 is 27.5 Å². The number of nitrogens with zero attached hydrogens (tertiary/aromatic N) is 2. The summed E-state index contributed by atoms with van der Waals surface area (Å²) in [5.41, 5.74) is 1.02. The lowest BCUT2D eigenvalue weighted by molar-refractivity contribution is -0.121. The molecule has 0 aliphatic carbocycles. The normalized spacial score (nSPS) is 17.3. The molecule has 1 atom stereocenters. The minimum Gasteiger partial charge on any atom is -0.379 e. The largest absolute Gasteiger partial charge is 0.379 e. The van der Waals surface area contributed by atoms with Crippen LogP contribution in [0.5, 0.6) is 0 Å². The summed E-state index contributed by atoms with van der Waals surface area (Å²) in [5, 5.41) is 4.07. The number of ether oxygens (including phenoxy) is 1. The number of hydrogen-bond acceptors (Lipinski definition) is 5. The van der Waals surface area contributed by atoms with Gasteiger partial charge in [-0.25, -0.2) is 4.98 Å². The minimum absolute atomic E-state index is 0.101. The fraction of sp³-hybridized carbons (Fsp3) is 0.529. The maximum absolute atomic E-state index is 12.0. The Balaban J connectivity index is 1.42. The highest BCUT2D eigenvalue weighted by Crippen LogP contribution is 2.22. The van der Waals surface area contributed by atoms with Crippen molar-refractivity contribution in [3.8, 4) is 0 Å². The summed E-state index contributed by atoms with van der Waals surface area (Å²) >= 11 is 1.67. The molecule has 1 aromatic carbocycles. The van der Waals surface area contributed by atoms with Gasteiger partial charge < -0.3 is 10.1 Å². The highest BCUT2D eigenvalue weighted by atomic mass is 32.1. The van der Waals surface area contributed by atoms with Crippen LogP contribution in [0.25, 0.3) is 10.2 Å². The molecule has 1 aromatic heterocycles. The van der Waals surface area contributed by atoms with Crippen molar-refractivity contribution in [1.82, 2.24) is 15.2 Å². The Labute approximate surface area is 140 Å². The van der Waals surface area contributed by atoms with Gasteiger partial charge >= 0.3 is 0 Å². The SMILES string of the molecule is C[C@H](CNC(=O)CCc1nc2ccccc2s1)N1CCOCC1. The molecule has 0 radical (unpaired) electrons. The van der Waals surface area contributed by atoms with Crippen LogP contribution in [0.3, 0.4) is 0 Å². The van der Waals surface area contributed by atoms with Gasteiger partial charge in [-0.2, -0.15) is 0 Å². The average molecular weight is 333 g/mol. The number of hydrogen-bond donors (Lipinski definition) is 1. The van der Waals surface area contributed by atoms with Gasteiger partial charge in [0.15, 0.2) is 0 Å². The summed E-state index contributed by atoms with van der Waals surface area (Å²) in [6, 6.07) is 8.44. The lowest BCUT2D eigenvalue weighted by Crippen LogP contribution is -2.47. The summed E-state index contributed by atoms with van der Waals surface area (Å²) in [6.07, 6.45) is 1.20. The van der Waals surface area contributed by atoms with Crippen LogP contribution in [0.2, 0.25) is 0 Å². The molecule has 1 amide bonds. The van der Waals surface area contributed by atoms with Crippen LogP contribution in [0, 0.1) is 0 Å². The fourth-order valence-electron chi connectivity index (χ4n) is 2.74. The molecule has 23 heavy (non-hydrogen) atoms. The highest BCUT2D eigenvalue weighted by molar-refractivity contribution is 7.18. The van der Waals surface area contributed by atoms with Gasteiger partial charge in [-0.05, 0) is 19.1 Å². The molecule has 0 bridgehead atoms. The first kappa shape index (κ1) is 16.4. The number of benzene rings is 1. The molecule has 2 heterocycles. The summed E-state index contributed by atoms with van der Waals surface area (Å²) in [4.78, 5) is 19.0. The first-order valence-corrected chi connectivity index (χ1v) is 8.97. The second-order valence-corrected chi connectivity index (χ2v) is 6.99. The van der Waals surface area contributed by atoms with Crippen molar-refractivity contribution in [3.63, 3.8) is 0 Å². The van der Waals surface area contributed by atoms with E-state index in [1.54, 1.807) is 11.3 Å². The molecular weight excluding hydrogens is 310 g/mol. The molecule has 5 nitrogen and oxygen atoms in total. The Morgan fingerprint density at radius 1 is 1.39 bits per heavy atom. The number of amides is 1. The second kappa shape index (κ2) is 7.86. The molecule has 1 aliphatic heterocycles. The van der Waals surface area contributed by atoms with Gasteiger partial charge in [0.25, 0.3) is 0 Å². The Hall–Kier alpha value is -1.50. The van der Waals surface area contributed by atoms with Crippen LogP contribution in [-0.2, 0) is 16.0 Å². The van der Waals surface area contributed by atoms with Gasteiger partial charge in [0.1, 0.15) is 0 Å². The van der Waals surface area contributed by atoms with Crippen LogP contribution < -0.4 is 5.32 Å². The summed E-state index contributed by atoms with van der Waals surface area (Å²) in [6.45, 7) is 6.31. The van der Waals surface area contributed by atoms with Crippen molar-refractivity contribution < 1.29 is 9.53 Å². The van der Waals surface area contributed by atoms with Crippen molar-refractivity contribution in [2.75, 3.05) is 32.8 Å². The van der Waals surface area contributed by atoms with E-state index in [-0.39, 0.29) is 5.91 Å². The van der Waals surface area contributed by atoms with Gasteiger partial charge in [0, 0.05) is 38.5 Å². The predicted molar refractivity (Wildman–Crippen MR) is 92.8 cm³/mol. The number of carbonyl (C=O) groups is 1. The second-order valence-electron chi connectivity index (χ2n) is 5.88. The summed E-state index contributed by atoms with van der Waals surface area (Å²) < 4.78 is 6.54. The molecule has 1 fully saturated rings. The monoisotopic (exact) mass is 333 g/mol. The summed E-state index contributed by atoms with van der Waals surface area (Å²) in [7, 11) is 0. The Morgan fingerprint density at radius 3 is 2.96 bits per heavy atom. The number of carbonyl (C=O) groups excluding carboxylic acids is 1. The maximum Gasteiger partial charge on any atom is 0.220 e. The Bertz CT molecular complexity index is 619. The smallest absolute Gasteiger partial charge is 0.220 e. The van der Waals surface area contributed by atoms with E-state index in [1.165, 1.54) is 4.70 Å². The van der Waals surface area contributed by atoms with Crippen LogP contribution in [0.4, 0.5) is 0 Å². The zero-order chi connectivity index (χ0) is 16.1. The number of aromatic nitrogens is 1. The zero-order valence-corrected chi connectivity index (χ0v) is 14.3. The first-order chi connectivity index (χ1) is 11.2. The quantitative estimate of drug-likeness (QED) is 0.879. The minimum atomic E-state index is 0.101. The molecule has 1 aliphatic rings. The number of aryl methyl sites for hydroxylation is 1. The van der Waals surface area contributed by atoms with Gasteiger partial charge in [-0.1, -0.05) is 12.1 Å². The first-order valence-electron chi connectivity index (χ1n) is 8.15. The molecule has 6 heteroatoms. The van der Waals surface area contributed by atoms with Crippen molar-refractivity contribution in [2.45, 2.75) is 25.8 Å². The van der Waals surface area contributed by atoms with Crippen LogP contribution in [0.15, 0.2) is 24.3 Å². The molecule has 1 saturated heterocycles. The number of fused-ring (bicyclic) bond motifs is 1. The van der Waals surface area contributed by atoms with E-state index in [9.17, 15) is 4.79 Å². The molecule has 0 saturated carbocycles. The maximum atomic E-state index is 12.0. The van der Waals surface area contributed by atoms with Crippen LogP contribution in [-0.4, -0.2) is 54.7 Å². The predicted octanol–water partition coefficient (Wildman–Crippen LogP) is 2.07. The van der Waals surface area contributed by atoms with Gasteiger partial charge in [-0.3, -0.25) is 9.69 Å². The number of nitrogens with one attached hydrogen (secondary N) is 1. The Morgan fingerprint density at radius 2 is 2.17 bits per heavy atom. The van der Waals surface area contributed by atoms with E-state index in [2.05, 4.69) is 28.2 Å². The molecular formula is C17H23N3O2S. The molecule has 3 rings (SSSR count). The lowest BCUT2D eigenvalue weighted by Gasteiger charge is -2.32. The van der Waals surface area contributed by atoms with Gasteiger partial charge in [0.05, 0.1) is 28.4 Å². The Kier molecular flexibility index (Phi) is 5.59. The van der Waals surface area contributed by atoms with E-state index in [0.717, 1.165) is 36.8 Å². The molecule has 0 unspecified atom stereocenters. The third-order valence-electron chi connectivity index (χ3n) is 4.17. The number of para-hydroxylation sites is 1. The highest BCUT2D eigenvalue weighted by Gasteiger charge is 2.17. The van der Waals surface area contributed by atoms with Crippen molar-refractivity contribution in [2.24, 2.45) is 0 Å². The average Bonchev–Trinajstić information content (AvgIpc) is 3.01. The van der Waals surface area contributed by atoms with Crippen LogP contribution in [0.1, 0.15) is 18.4 Å². The fourth-order valence-corrected chi connectivity index (χ4v) is 3.71.